The molecule has 2 aromatic rings. The van der Waals surface area contributed by atoms with Gasteiger partial charge in [-0.3, -0.25) is 9.69 Å². The number of nitrogens with one attached hydrogen (secondary N) is 1. The van der Waals surface area contributed by atoms with Gasteiger partial charge in [-0.2, -0.15) is 0 Å². The maximum Gasteiger partial charge on any atom is 0.251 e. The Kier molecular flexibility index (Phi) is 7.36. The van der Waals surface area contributed by atoms with Crippen molar-refractivity contribution in [2.45, 2.75) is 25.3 Å². The molecular weight excluding hydrogens is 368 g/mol. The summed E-state index contributed by atoms with van der Waals surface area (Å²) >= 11 is 0. The number of amides is 1. The van der Waals surface area contributed by atoms with E-state index in [2.05, 4.69) is 22.3 Å². The van der Waals surface area contributed by atoms with Gasteiger partial charge >= 0.3 is 0 Å². The molecule has 0 aliphatic carbocycles. The van der Waals surface area contributed by atoms with Gasteiger partial charge in [0.2, 0.25) is 0 Å². The molecule has 6 heteroatoms. The molecule has 1 fully saturated rings. The Hall–Kier alpha value is -2.73. The highest BCUT2D eigenvalue weighted by Crippen LogP contribution is 2.28. The summed E-state index contributed by atoms with van der Waals surface area (Å²) in [7, 11) is 4.81. The molecule has 0 aromatic heterocycles. The number of ether oxygens (including phenoxy) is 3. The Morgan fingerprint density at radius 3 is 2.24 bits per heavy atom. The standard InChI is InChI=1S/C23H30N2O4/c1-27-19-10-7-17(8-11-19)20(25-13-5-4-6-14-25)16-24-23(26)18-9-12-21(28-2)22(15-18)29-3/h7-12,15,20H,4-6,13-14,16H2,1-3H3,(H,24,26). The fourth-order valence-corrected chi connectivity index (χ4v) is 3.78. The van der Waals surface area contributed by atoms with Crippen molar-refractivity contribution in [1.82, 2.24) is 10.2 Å². The first-order valence-electron chi connectivity index (χ1n) is 10.0. The van der Waals surface area contributed by atoms with Crippen molar-refractivity contribution >= 4 is 5.91 Å². The summed E-state index contributed by atoms with van der Waals surface area (Å²) in [6.45, 7) is 2.63. The normalized spacial score (nSPS) is 15.4. The van der Waals surface area contributed by atoms with Crippen molar-refractivity contribution in [1.29, 1.82) is 0 Å². The molecule has 0 bridgehead atoms. The van der Waals surface area contributed by atoms with Crippen molar-refractivity contribution in [2.24, 2.45) is 0 Å². The van der Waals surface area contributed by atoms with E-state index in [1.54, 1.807) is 39.5 Å². The Bertz CT molecular complexity index is 801. The molecular formula is C23H30N2O4. The van der Waals surface area contributed by atoms with Crippen LogP contribution in [-0.4, -0.2) is 51.8 Å². The van der Waals surface area contributed by atoms with E-state index in [0.717, 1.165) is 18.8 Å². The topological polar surface area (TPSA) is 60.0 Å². The van der Waals surface area contributed by atoms with Crippen LogP contribution in [0.25, 0.3) is 0 Å². The van der Waals surface area contributed by atoms with Crippen molar-refractivity contribution < 1.29 is 19.0 Å². The number of likely N-dealkylation sites (tertiary alicyclic amines) is 1. The Morgan fingerprint density at radius 1 is 0.931 bits per heavy atom. The minimum absolute atomic E-state index is 0.124. The second kappa shape index (κ2) is 10.2. The minimum Gasteiger partial charge on any atom is -0.497 e. The summed E-state index contributed by atoms with van der Waals surface area (Å²) in [5.41, 5.74) is 1.73. The van der Waals surface area contributed by atoms with Gasteiger partial charge in [-0.25, -0.2) is 0 Å². The summed E-state index contributed by atoms with van der Waals surface area (Å²) in [5, 5.41) is 3.10. The monoisotopic (exact) mass is 398 g/mol. The Labute approximate surface area is 172 Å². The van der Waals surface area contributed by atoms with E-state index in [9.17, 15) is 4.79 Å². The van der Waals surface area contributed by atoms with Crippen LogP contribution in [0.3, 0.4) is 0 Å². The molecule has 1 aliphatic heterocycles. The van der Waals surface area contributed by atoms with Crippen LogP contribution in [0.2, 0.25) is 0 Å². The Balaban J connectivity index is 1.74. The van der Waals surface area contributed by atoms with Crippen molar-refractivity contribution in [2.75, 3.05) is 41.0 Å². The molecule has 0 radical (unpaired) electrons. The average Bonchev–Trinajstić information content (AvgIpc) is 2.79. The number of nitrogens with zero attached hydrogens (tertiary/aromatic N) is 1. The third-order valence-corrected chi connectivity index (χ3v) is 5.43. The van der Waals surface area contributed by atoms with E-state index in [-0.39, 0.29) is 11.9 Å². The van der Waals surface area contributed by atoms with Crippen LogP contribution in [0, 0.1) is 0 Å². The second-order valence-electron chi connectivity index (χ2n) is 7.17. The second-order valence-corrected chi connectivity index (χ2v) is 7.17. The van der Waals surface area contributed by atoms with Crippen molar-refractivity contribution in [3.05, 3.63) is 53.6 Å². The molecule has 0 saturated carbocycles. The smallest absolute Gasteiger partial charge is 0.251 e. The lowest BCUT2D eigenvalue weighted by Crippen LogP contribution is -2.40. The summed E-state index contributed by atoms with van der Waals surface area (Å²) in [6, 6.07) is 13.5. The molecule has 1 N–H and O–H groups in total. The summed E-state index contributed by atoms with van der Waals surface area (Å²) < 4.78 is 15.9. The number of hydrogen-bond acceptors (Lipinski definition) is 5. The first kappa shape index (κ1) is 21.0. The van der Waals surface area contributed by atoms with E-state index >= 15 is 0 Å². The largest absolute Gasteiger partial charge is 0.497 e. The SMILES string of the molecule is COc1ccc(C(CNC(=O)c2ccc(OC)c(OC)c2)N2CCCCC2)cc1. The number of hydrogen-bond donors (Lipinski definition) is 1. The highest BCUT2D eigenvalue weighted by Gasteiger charge is 2.23. The number of piperidine rings is 1. The third-order valence-electron chi connectivity index (χ3n) is 5.43. The van der Waals surface area contributed by atoms with Crippen LogP contribution in [0.5, 0.6) is 17.2 Å². The van der Waals surface area contributed by atoms with Crippen LogP contribution in [0.4, 0.5) is 0 Å². The van der Waals surface area contributed by atoms with E-state index in [0.29, 0.717) is 23.6 Å². The summed E-state index contributed by atoms with van der Waals surface area (Å²) in [4.78, 5) is 15.2. The predicted molar refractivity (Wildman–Crippen MR) is 113 cm³/mol. The fourth-order valence-electron chi connectivity index (χ4n) is 3.78. The zero-order chi connectivity index (χ0) is 20.6. The number of rotatable bonds is 8. The molecule has 3 rings (SSSR count). The maximum absolute atomic E-state index is 12.8. The highest BCUT2D eigenvalue weighted by molar-refractivity contribution is 5.94. The van der Waals surface area contributed by atoms with Crippen LogP contribution >= 0.6 is 0 Å². The van der Waals surface area contributed by atoms with Gasteiger partial charge in [0.05, 0.1) is 27.4 Å². The van der Waals surface area contributed by atoms with Crippen molar-refractivity contribution in [3.63, 3.8) is 0 Å². The van der Waals surface area contributed by atoms with Gasteiger partial charge in [0.15, 0.2) is 11.5 Å². The van der Waals surface area contributed by atoms with Gasteiger partial charge in [0.1, 0.15) is 5.75 Å². The zero-order valence-electron chi connectivity index (χ0n) is 17.4. The summed E-state index contributed by atoms with van der Waals surface area (Å²) in [5.74, 6) is 1.86. The molecule has 1 aliphatic rings. The van der Waals surface area contributed by atoms with E-state index < -0.39 is 0 Å². The first-order valence-corrected chi connectivity index (χ1v) is 10.0. The van der Waals surface area contributed by atoms with Crippen LogP contribution in [0.15, 0.2) is 42.5 Å². The molecule has 1 unspecified atom stereocenters. The predicted octanol–water partition coefficient (Wildman–Crippen LogP) is 3.67. The molecule has 1 atom stereocenters. The number of carbonyl (C=O) groups is 1. The first-order chi connectivity index (χ1) is 14.2. The zero-order valence-corrected chi connectivity index (χ0v) is 17.4. The van der Waals surface area contributed by atoms with E-state index in [1.807, 2.05) is 12.1 Å². The lowest BCUT2D eigenvalue weighted by Gasteiger charge is -2.35. The number of methoxy groups -OCH3 is 3. The fraction of sp³-hybridized carbons (Fsp3) is 0.435. The molecule has 1 saturated heterocycles. The number of benzene rings is 2. The summed E-state index contributed by atoms with van der Waals surface area (Å²) in [6.07, 6.45) is 3.65. The van der Waals surface area contributed by atoms with Crippen LogP contribution in [-0.2, 0) is 0 Å². The number of carbonyl (C=O) groups excluding carboxylic acids is 1. The van der Waals surface area contributed by atoms with Crippen molar-refractivity contribution in [3.8, 4) is 17.2 Å². The average molecular weight is 399 g/mol. The van der Waals surface area contributed by atoms with Gasteiger partial charge in [-0.15, -0.1) is 0 Å². The molecule has 0 spiro atoms. The molecule has 1 heterocycles. The molecule has 156 valence electrons. The van der Waals surface area contributed by atoms with Gasteiger partial charge < -0.3 is 19.5 Å². The molecule has 6 nitrogen and oxygen atoms in total. The lowest BCUT2D eigenvalue weighted by atomic mass is 10.0. The minimum atomic E-state index is -0.124. The Morgan fingerprint density at radius 2 is 1.62 bits per heavy atom. The van der Waals surface area contributed by atoms with Gasteiger partial charge in [-0.1, -0.05) is 18.6 Å². The quantitative estimate of drug-likeness (QED) is 0.735. The maximum atomic E-state index is 12.8. The molecule has 2 aromatic carbocycles. The molecule has 1 amide bonds. The van der Waals surface area contributed by atoms with Gasteiger partial charge in [0.25, 0.3) is 5.91 Å². The van der Waals surface area contributed by atoms with Gasteiger partial charge in [0, 0.05) is 12.1 Å². The highest BCUT2D eigenvalue weighted by atomic mass is 16.5. The lowest BCUT2D eigenvalue weighted by molar-refractivity contribution is 0.0924. The van der Waals surface area contributed by atoms with Crippen LogP contribution < -0.4 is 19.5 Å². The van der Waals surface area contributed by atoms with Gasteiger partial charge in [-0.05, 0) is 61.8 Å². The third kappa shape index (κ3) is 5.21. The van der Waals surface area contributed by atoms with E-state index in [1.165, 1.54) is 24.8 Å². The van der Waals surface area contributed by atoms with Crippen LogP contribution in [0.1, 0.15) is 41.2 Å². The molecule has 29 heavy (non-hydrogen) atoms. The van der Waals surface area contributed by atoms with E-state index in [4.69, 9.17) is 14.2 Å².